The number of carbonyl (C=O) groups is 1. The topological polar surface area (TPSA) is 91.2 Å². The van der Waals surface area contributed by atoms with Gasteiger partial charge in [-0.3, -0.25) is 14.9 Å². The van der Waals surface area contributed by atoms with Crippen molar-refractivity contribution in [1.29, 1.82) is 0 Å². The molecule has 3 aromatic heterocycles. The monoisotopic (exact) mass is 489 g/mol. The molecule has 1 aliphatic carbocycles. The van der Waals surface area contributed by atoms with Crippen molar-refractivity contribution in [2.75, 3.05) is 34.8 Å². The highest BCUT2D eigenvalue weighted by Crippen LogP contribution is 2.42. The molecule has 12 heteroatoms. The number of halogens is 3. The Hall–Kier alpha value is -2.92. The fourth-order valence-electron chi connectivity index (χ4n) is 4.17. The highest BCUT2D eigenvalue weighted by Gasteiger charge is 2.43. The van der Waals surface area contributed by atoms with Gasteiger partial charge in [-0.15, -0.1) is 0 Å². The minimum atomic E-state index is -1.09. The number of hydrogen-bond donors (Lipinski definition) is 2. The van der Waals surface area contributed by atoms with Crippen LogP contribution >= 0.6 is 23.4 Å². The van der Waals surface area contributed by atoms with E-state index >= 15 is 4.39 Å². The van der Waals surface area contributed by atoms with Crippen molar-refractivity contribution in [2.45, 2.75) is 12.6 Å². The molecule has 4 heterocycles. The number of thioether (sulfide) groups is 1. The maximum atomic E-state index is 15.6. The molecule has 170 valence electrons. The highest BCUT2D eigenvalue weighted by molar-refractivity contribution is 7.99. The molecule has 1 saturated heterocycles. The van der Waals surface area contributed by atoms with Gasteiger partial charge in [0.2, 0.25) is 5.91 Å². The molecule has 2 aliphatic rings. The average Bonchev–Trinajstić information content (AvgIpc) is 3.18. The van der Waals surface area contributed by atoms with E-state index in [9.17, 15) is 9.18 Å². The molecule has 8 nitrogen and oxygen atoms in total. The second-order valence-corrected chi connectivity index (χ2v) is 9.72. The number of benzene rings is 1. The highest BCUT2D eigenvalue weighted by atomic mass is 35.5. The van der Waals surface area contributed by atoms with Gasteiger partial charge in [-0.1, -0.05) is 11.6 Å². The van der Waals surface area contributed by atoms with Crippen LogP contribution in [0, 0.1) is 11.7 Å². The van der Waals surface area contributed by atoms with Gasteiger partial charge in [0.25, 0.3) is 0 Å². The molecule has 1 saturated carbocycles. The fourth-order valence-corrected chi connectivity index (χ4v) is 5.37. The van der Waals surface area contributed by atoms with Gasteiger partial charge in [0, 0.05) is 41.7 Å². The third-order valence-electron chi connectivity index (χ3n) is 5.99. The lowest BCUT2D eigenvalue weighted by Gasteiger charge is -2.29. The van der Waals surface area contributed by atoms with Crippen LogP contribution < -0.4 is 10.2 Å². The van der Waals surface area contributed by atoms with Gasteiger partial charge in [0.1, 0.15) is 11.9 Å². The largest absolute Gasteiger partial charge is 0.366 e. The molecular formula is C21H18ClF2N7OS. The molecule has 33 heavy (non-hydrogen) atoms. The van der Waals surface area contributed by atoms with Crippen LogP contribution in [0.2, 0.25) is 5.02 Å². The third kappa shape index (κ3) is 3.50. The van der Waals surface area contributed by atoms with Crippen LogP contribution in [0.4, 0.5) is 20.3 Å². The number of nitrogens with one attached hydrogen (secondary N) is 2. The predicted octanol–water partition coefficient (Wildman–Crippen LogP) is 3.91. The quantitative estimate of drug-likeness (QED) is 0.451. The van der Waals surface area contributed by atoms with E-state index in [2.05, 4.69) is 25.5 Å². The van der Waals surface area contributed by atoms with Crippen LogP contribution in [0.25, 0.3) is 27.8 Å². The van der Waals surface area contributed by atoms with E-state index in [1.807, 2.05) is 16.7 Å². The second kappa shape index (κ2) is 7.84. The number of fused-ring (bicyclic) bond motifs is 2. The second-order valence-electron chi connectivity index (χ2n) is 8.12. The fraction of sp³-hybridized carbons (Fsp3) is 0.333. The molecule has 1 amide bonds. The summed E-state index contributed by atoms with van der Waals surface area (Å²) in [5.41, 5.74) is 2.33. The number of carbonyl (C=O) groups excluding carboxylic acids is 1. The van der Waals surface area contributed by atoms with E-state index in [-0.39, 0.29) is 11.4 Å². The molecule has 2 fully saturated rings. The molecule has 1 aliphatic heterocycles. The standard InChI is InChI=1S/C21H18ClF2N7OS/c22-17-16(11-6-26-29-19(11)20(18(17)24)30-1-3-33-4-2-30)13-8-31-9-14(27-15(31)7-25-13)28-21(32)10-5-12(10)23/h6-10,12H,1-5H2,(H,26,29)(H,28,32)/t10-,12+/m1/s1. The summed E-state index contributed by atoms with van der Waals surface area (Å²) in [5, 5.41) is 10.3. The van der Waals surface area contributed by atoms with Crippen molar-refractivity contribution < 1.29 is 13.6 Å². The summed E-state index contributed by atoms with van der Waals surface area (Å²) >= 11 is 8.40. The summed E-state index contributed by atoms with van der Waals surface area (Å²) in [5.74, 6) is 0.605. The maximum absolute atomic E-state index is 15.6. The van der Waals surface area contributed by atoms with E-state index in [1.54, 1.807) is 23.0 Å². The first-order valence-electron chi connectivity index (χ1n) is 10.5. The number of H-pyrrole nitrogens is 1. The van der Waals surface area contributed by atoms with Gasteiger partial charge in [-0.05, 0) is 6.42 Å². The molecule has 0 unspecified atom stereocenters. The summed E-state index contributed by atoms with van der Waals surface area (Å²) < 4.78 is 30.4. The third-order valence-corrected chi connectivity index (χ3v) is 7.29. The molecule has 2 N–H and O–H groups in total. The lowest BCUT2D eigenvalue weighted by molar-refractivity contribution is -0.117. The van der Waals surface area contributed by atoms with Crippen molar-refractivity contribution in [3.8, 4) is 11.3 Å². The molecular weight excluding hydrogens is 472 g/mol. The Balaban J connectivity index is 1.41. The zero-order valence-electron chi connectivity index (χ0n) is 17.2. The van der Waals surface area contributed by atoms with Crippen LogP contribution in [0.5, 0.6) is 0 Å². The number of hydrogen-bond acceptors (Lipinski definition) is 6. The molecule has 0 bridgehead atoms. The lowest BCUT2D eigenvalue weighted by Crippen LogP contribution is -2.33. The Labute approximate surface area is 195 Å². The Morgan fingerprint density at radius 1 is 1.27 bits per heavy atom. The van der Waals surface area contributed by atoms with Gasteiger partial charge < -0.3 is 14.6 Å². The summed E-state index contributed by atoms with van der Waals surface area (Å²) in [7, 11) is 0. The zero-order chi connectivity index (χ0) is 22.7. The van der Waals surface area contributed by atoms with E-state index < -0.39 is 23.8 Å². The average molecular weight is 490 g/mol. The minimum Gasteiger partial charge on any atom is -0.366 e. The number of aromatic nitrogens is 5. The molecule has 2 atom stereocenters. The maximum Gasteiger partial charge on any atom is 0.231 e. The molecule has 4 aromatic rings. The number of alkyl halides is 1. The van der Waals surface area contributed by atoms with Crippen molar-refractivity contribution in [3.63, 3.8) is 0 Å². The van der Waals surface area contributed by atoms with Crippen molar-refractivity contribution in [3.05, 3.63) is 35.6 Å². The summed E-state index contributed by atoms with van der Waals surface area (Å²) in [6.07, 6.45) is 5.54. The van der Waals surface area contributed by atoms with Gasteiger partial charge in [-0.2, -0.15) is 16.9 Å². The normalized spacial score (nSPS) is 20.5. The first-order valence-corrected chi connectivity index (χ1v) is 12.0. The Kier molecular flexibility index (Phi) is 4.91. The van der Waals surface area contributed by atoms with Gasteiger partial charge in [0.05, 0.1) is 40.7 Å². The van der Waals surface area contributed by atoms with E-state index in [4.69, 9.17) is 11.6 Å². The summed E-state index contributed by atoms with van der Waals surface area (Å²) in [4.78, 5) is 22.8. The number of amides is 1. The van der Waals surface area contributed by atoms with E-state index in [0.717, 1.165) is 24.6 Å². The Morgan fingerprint density at radius 2 is 2.06 bits per heavy atom. The number of imidazole rings is 1. The van der Waals surface area contributed by atoms with Crippen molar-refractivity contribution >= 4 is 57.3 Å². The Morgan fingerprint density at radius 3 is 2.82 bits per heavy atom. The lowest BCUT2D eigenvalue weighted by atomic mass is 10.0. The number of anilines is 2. The van der Waals surface area contributed by atoms with Crippen molar-refractivity contribution in [2.24, 2.45) is 5.92 Å². The number of aromatic amines is 1. The minimum absolute atomic E-state index is 0.0275. The van der Waals surface area contributed by atoms with E-state index in [0.29, 0.717) is 39.3 Å². The van der Waals surface area contributed by atoms with Gasteiger partial charge in [-0.25, -0.2) is 13.8 Å². The van der Waals surface area contributed by atoms with Crippen LogP contribution in [-0.4, -0.2) is 61.2 Å². The van der Waals surface area contributed by atoms with E-state index in [1.165, 1.54) is 6.20 Å². The molecule has 0 spiro atoms. The SMILES string of the molecule is O=C(Nc1cn2cc(-c3c(Cl)c(F)c(N4CCSCC4)c4[nH]ncc34)ncc2n1)[C@@H]1C[C@@H]1F. The summed E-state index contributed by atoms with van der Waals surface area (Å²) in [6.45, 7) is 1.45. The molecule has 1 aromatic carbocycles. The van der Waals surface area contributed by atoms with Gasteiger partial charge >= 0.3 is 0 Å². The molecule has 0 radical (unpaired) electrons. The number of rotatable bonds is 4. The zero-order valence-corrected chi connectivity index (χ0v) is 18.8. The first kappa shape index (κ1) is 20.7. The van der Waals surface area contributed by atoms with Crippen LogP contribution in [0.1, 0.15) is 6.42 Å². The predicted molar refractivity (Wildman–Crippen MR) is 124 cm³/mol. The van der Waals surface area contributed by atoms with Crippen LogP contribution in [0.15, 0.2) is 24.8 Å². The number of nitrogens with zero attached hydrogens (tertiary/aromatic N) is 5. The molecule has 6 rings (SSSR count). The van der Waals surface area contributed by atoms with Gasteiger partial charge in [0.15, 0.2) is 17.3 Å². The summed E-state index contributed by atoms with van der Waals surface area (Å²) in [6, 6.07) is 0. The van der Waals surface area contributed by atoms with Crippen LogP contribution in [0.3, 0.4) is 0 Å². The Bertz CT molecular complexity index is 1400. The van der Waals surface area contributed by atoms with Crippen LogP contribution in [-0.2, 0) is 4.79 Å². The first-order chi connectivity index (χ1) is 16.0. The van der Waals surface area contributed by atoms with Crippen molar-refractivity contribution in [1.82, 2.24) is 24.6 Å². The smallest absolute Gasteiger partial charge is 0.231 e.